The Kier molecular flexibility index (Phi) is 4.94. The van der Waals surface area contributed by atoms with Crippen LogP contribution in [0.25, 0.3) is 0 Å². The lowest BCUT2D eigenvalue weighted by Gasteiger charge is -2.16. The molecule has 102 valence electrons. The summed E-state index contributed by atoms with van der Waals surface area (Å²) < 4.78 is 41.3. The van der Waals surface area contributed by atoms with Gasteiger partial charge in [-0.3, -0.25) is 0 Å². The third-order valence-electron chi connectivity index (χ3n) is 1.95. The van der Waals surface area contributed by atoms with E-state index in [1.165, 1.54) is 12.4 Å². The van der Waals surface area contributed by atoms with Crippen molar-refractivity contribution in [2.24, 2.45) is 0 Å². The molecule has 18 heavy (non-hydrogen) atoms. The van der Waals surface area contributed by atoms with Crippen LogP contribution in [0.4, 0.5) is 18.2 Å². The number of hydrogen-bond donors (Lipinski definition) is 1. The number of carbonyl (C=O) groups is 1. The summed E-state index contributed by atoms with van der Waals surface area (Å²) in [6, 6.07) is -0.835. The highest BCUT2D eigenvalue weighted by Crippen LogP contribution is 2.26. The quantitative estimate of drug-likeness (QED) is 0.843. The molecule has 1 atom stereocenters. The van der Waals surface area contributed by atoms with Crippen LogP contribution in [0.5, 0.6) is 0 Å². The van der Waals surface area contributed by atoms with E-state index in [0.29, 0.717) is 5.00 Å². The van der Waals surface area contributed by atoms with E-state index in [0.717, 1.165) is 11.3 Å². The summed E-state index contributed by atoms with van der Waals surface area (Å²) in [6.45, 7) is 3.22. The molecule has 1 aromatic rings. The van der Waals surface area contributed by atoms with Crippen LogP contribution < -0.4 is 5.32 Å². The Morgan fingerprint density at radius 1 is 1.61 bits per heavy atom. The summed E-state index contributed by atoms with van der Waals surface area (Å²) in [5.41, 5.74) is 1.41. The van der Waals surface area contributed by atoms with Crippen molar-refractivity contribution in [2.45, 2.75) is 32.5 Å². The SMILES string of the molecule is CCOC(=O)c1ncsc1NC(C)CC(F)(F)F. The van der Waals surface area contributed by atoms with Crippen LogP contribution in [0.1, 0.15) is 30.8 Å². The maximum atomic E-state index is 12.2. The zero-order valence-electron chi connectivity index (χ0n) is 9.87. The van der Waals surface area contributed by atoms with Gasteiger partial charge in [-0.15, -0.1) is 11.3 Å². The van der Waals surface area contributed by atoms with Gasteiger partial charge in [0.05, 0.1) is 18.5 Å². The minimum atomic E-state index is -4.25. The second-order valence-electron chi connectivity index (χ2n) is 3.62. The molecule has 1 rings (SSSR count). The number of halogens is 3. The number of esters is 1. The first kappa shape index (κ1) is 14.7. The van der Waals surface area contributed by atoms with Crippen LogP contribution >= 0.6 is 11.3 Å². The molecule has 0 radical (unpaired) electrons. The van der Waals surface area contributed by atoms with E-state index < -0.39 is 24.6 Å². The van der Waals surface area contributed by atoms with Gasteiger partial charge >= 0.3 is 12.1 Å². The van der Waals surface area contributed by atoms with E-state index in [1.807, 2.05) is 0 Å². The number of rotatable bonds is 5. The molecular weight excluding hydrogens is 269 g/mol. The number of hydrogen-bond acceptors (Lipinski definition) is 5. The van der Waals surface area contributed by atoms with Gasteiger partial charge in [0.1, 0.15) is 5.00 Å². The molecule has 0 saturated carbocycles. The lowest BCUT2D eigenvalue weighted by Crippen LogP contribution is -2.24. The highest BCUT2D eigenvalue weighted by molar-refractivity contribution is 7.14. The molecule has 0 aliphatic rings. The van der Waals surface area contributed by atoms with Crippen LogP contribution in [0, 0.1) is 0 Å². The summed E-state index contributed by atoms with van der Waals surface area (Å²) in [7, 11) is 0. The Labute approximate surface area is 106 Å². The van der Waals surface area contributed by atoms with Gasteiger partial charge < -0.3 is 10.1 Å². The summed E-state index contributed by atoms with van der Waals surface area (Å²) in [4.78, 5) is 15.2. The van der Waals surface area contributed by atoms with Crippen molar-refractivity contribution < 1.29 is 22.7 Å². The highest BCUT2D eigenvalue weighted by Gasteiger charge is 2.30. The Hall–Kier alpha value is -1.31. The Bertz CT molecular complexity index is 406. The molecular formula is C10H13F3N2O2S. The van der Waals surface area contributed by atoms with Crippen molar-refractivity contribution in [3.63, 3.8) is 0 Å². The van der Waals surface area contributed by atoms with Crippen molar-refractivity contribution in [2.75, 3.05) is 11.9 Å². The first-order valence-corrected chi connectivity index (χ1v) is 6.15. The molecule has 0 aromatic carbocycles. The third-order valence-corrected chi connectivity index (χ3v) is 2.71. The molecule has 0 aliphatic heterocycles. The third kappa shape index (κ3) is 4.52. The van der Waals surface area contributed by atoms with E-state index in [1.54, 1.807) is 6.92 Å². The molecule has 0 aliphatic carbocycles. The average Bonchev–Trinajstić information content (AvgIpc) is 2.62. The van der Waals surface area contributed by atoms with Gasteiger partial charge in [-0.2, -0.15) is 13.2 Å². The van der Waals surface area contributed by atoms with Crippen LogP contribution in [0.2, 0.25) is 0 Å². The van der Waals surface area contributed by atoms with Gasteiger partial charge in [0.15, 0.2) is 5.69 Å². The van der Waals surface area contributed by atoms with Crippen LogP contribution in [-0.4, -0.2) is 29.8 Å². The minimum Gasteiger partial charge on any atom is -0.461 e. The Morgan fingerprint density at radius 2 is 2.28 bits per heavy atom. The highest BCUT2D eigenvalue weighted by atomic mass is 32.1. The maximum Gasteiger partial charge on any atom is 0.391 e. The zero-order valence-corrected chi connectivity index (χ0v) is 10.7. The Balaban J connectivity index is 2.68. The first-order valence-electron chi connectivity index (χ1n) is 5.27. The molecule has 1 heterocycles. The summed E-state index contributed by atoms with van der Waals surface area (Å²) in [5.74, 6) is -0.638. The van der Waals surface area contributed by atoms with Gasteiger partial charge in [0.25, 0.3) is 0 Å². The lowest BCUT2D eigenvalue weighted by atomic mass is 10.2. The van der Waals surface area contributed by atoms with Crippen molar-refractivity contribution in [1.29, 1.82) is 0 Å². The number of alkyl halides is 3. The van der Waals surface area contributed by atoms with Gasteiger partial charge in [-0.05, 0) is 13.8 Å². The van der Waals surface area contributed by atoms with Crippen molar-refractivity contribution in [1.82, 2.24) is 4.98 Å². The number of nitrogens with zero attached hydrogens (tertiary/aromatic N) is 1. The molecule has 4 nitrogen and oxygen atoms in total. The number of thiazole rings is 1. The minimum absolute atomic E-state index is 0.0240. The van der Waals surface area contributed by atoms with Gasteiger partial charge in [-0.25, -0.2) is 9.78 Å². The molecule has 1 aromatic heterocycles. The summed E-state index contributed by atoms with van der Waals surface area (Å²) >= 11 is 1.07. The average molecular weight is 282 g/mol. The van der Waals surface area contributed by atoms with Gasteiger partial charge in [-0.1, -0.05) is 0 Å². The van der Waals surface area contributed by atoms with Crippen molar-refractivity contribution >= 4 is 22.3 Å². The Morgan fingerprint density at radius 3 is 2.83 bits per heavy atom. The molecule has 8 heteroatoms. The van der Waals surface area contributed by atoms with Crippen LogP contribution in [0.15, 0.2) is 5.51 Å². The first-order chi connectivity index (χ1) is 8.33. The molecule has 0 bridgehead atoms. The van der Waals surface area contributed by atoms with Gasteiger partial charge in [0, 0.05) is 6.04 Å². The number of carbonyl (C=O) groups excluding carboxylic acids is 1. The molecule has 0 saturated heterocycles. The fourth-order valence-corrected chi connectivity index (χ4v) is 2.10. The number of anilines is 1. The molecule has 0 amide bonds. The summed E-state index contributed by atoms with van der Waals surface area (Å²) in [5, 5.41) is 2.92. The molecule has 1 N–H and O–H groups in total. The van der Waals surface area contributed by atoms with E-state index in [2.05, 4.69) is 10.3 Å². The predicted octanol–water partition coefficient (Wildman–Crippen LogP) is 3.07. The van der Waals surface area contributed by atoms with Crippen LogP contribution in [-0.2, 0) is 4.74 Å². The van der Waals surface area contributed by atoms with Crippen LogP contribution in [0.3, 0.4) is 0 Å². The van der Waals surface area contributed by atoms with Gasteiger partial charge in [0.2, 0.25) is 0 Å². The van der Waals surface area contributed by atoms with E-state index >= 15 is 0 Å². The smallest absolute Gasteiger partial charge is 0.391 e. The van der Waals surface area contributed by atoms with E-state index in [-0.39, 0.29) is 12.3 Å². The summed E-state index contributed by atoms with van der Waals surface area (Å²) in [6.07, 6.45) is -5.23. The normalized spacial score (nSPS) is 13.2. The van der Waals surface area contributed by atoms with Crippen molar-refractivity contribution in [3.05, 3.63) is 11.2 Å². The number of nitrogens with one attached hydrogen (secondary N) is 1. The lowest BCUT2D eigenvalue weighted by molar-refractivity contribution is -0.136. The monoisotopic (exact) mass is 282 g/mol. The maximum absolute atomic E-state index is 12.2. The zero-order chi connectivity index (χ0) is 13.8. The largest absolute Gasteiger partial charge is 0.461 e. The fraction of sp³-hybridized carbons (Fsp3) is 0.600. The predicted molar refractivity (Wildman–Crippen MR) is 61.8 cm³/mol. The number of ether oxygens (including phenoxy) is 1. The molecule has 1 unspecified atom stereocenters. The fourth-order valence-electron chi connectivity index (χ4n) is 1.32. The second kappa shape index (κ2) is 6.03. The van der Waals surface area contributed by atoms with E-state index in [9.17, 15) is 18.0 Å². The topological polar surface area (TPSA) is 51.2 Å². The molecule has 0 fully saturated rings. The van der Waals surface area contributed by atoms with E-state index in [4.69, 9.17) is 4.74 Å². The van der Waals surface area contributed by atoms with Crippen molar-refractivity contribution in [3.8, 4) is 0 Å². The number of aromatic nitrogens is 1. The molecule has 0 spiro atoms. The second-order valence-corrected chi connectivity index (χ2v) is 4.47. The standard InChI is InChI=1S/C10H13F3N2O2S/c1-3-17-9(16)7-8(18-5-14-7)15-6(2)4-10(11,12)13/h5-6,15H,3-4H2,1-2H3.